The molecular weight excluding hydrogens is 419 g/mol. The molecule has 1 saturated heterocycles. The molecule has 0 unspecified atom stereocenters. The molecule has 0 aromatic heterocycles. The topological polar surface area (TPSA) is 30.9 Å². The molecule has 0 saturated carbocycles. The molecule has 0 bridgehead atoms. The highest BCUT2D eigenvalue weighted by Crippen LogP contribution is 2.08. The summed E-state index contributed by atoms with van der Waals surface area (Å²) in [6.45, 7) is 6.36. The Bertz CT molecular complexity index is 447. The fourth-order valence-corrected chi connectivity index (χ4v) is 3.14. The molecule has 1 aromatic carbocycles. The Morgan fingerprint density at radius 3 is 2.48 bits per heavy atom. The normalized spacial score (nSPS) is 16.1. The number of thioether (sulfide) groups is 1. The largest absolute Gasteiger partial charge is 0.356 e. The van der Waals surface area contributed by atoms with E-state index in [9.17, 15) is 0 Å². The van der Waals surface area contributed by atoms with Crippen LogP contribution in [0.1, 0.15) is 12.0 Å². The van der Waals surface area contributed by atoms with Crippen molar-refractivity contribution in [3.63, 3.8) is 0 Å². The first kappa shape index (κ1) is 20.6. The molecule has 0 amide bonds. The second-order valence-electron chi connectivity index (χ2n) is 5.57. The van der Waals surface area contributed by atoms with Gasteiger partial charge in [-0.25, -0.2) is 0 Å². The third kappa shape index (κ3) is 7.30. The average molecular weight is 448 g/mol. The van der Waals surface area contributed by atoms with Gasteiger partial charge in [0.05, 0.1) is 0 Å². The number of hydrogen-bond donors (Lipinski definition) is 1. The smallest absolute Gasteiger partial charge is 0.193 e. The van der Waals surface area contributed by atoms with Gasteiger partial charge in [-0.3, -0.25) is 9.89 Å². The number of aliphatic imine (C=N–C) groups is 1. The van der Waals surface area contributed by atoms with Crippen molar-refractivity contribution in [3.8, 4) is 0 Å². The van der Waals surface area contributed by atoms with Crippen LogP contribution < -0.4 is 5.32 Å². The van der Waals surface area contributed by atoms with E-state index in [4.69, 9.17) is 0 Å². The molecule has 1 fully saturated rings. The molecule has 1 aromatic rings. The van der Waals surface area contributed by atoms with Gasteiger partial charge >= 0.3 is 0 Å². The van der Waals surface area contributed by atoms with Crippen molar-refractivity contribution in [1.82, 2.24) is 15.1 Å². The van der Waals surface area contributed by atoms with E-state index in [0.29, 0.717) is 0 Å². The van der Waals surface area contributed by atoms with E-state index in [1.807, 2.05) is 18.8 Å². The van der Waals surface area contributed by atoms with Crippen LogP contribution in [0.5, 0.6) is 0 Å². The molecule has 1 aliphatic heterocycles. The van der Waals surface area contributed by atoms with Crippen molar-refractivity contribution in [2.45, 2.75) is 13.0 Å². The lowest BCUT2D eigenvalue weighted by Crippen LogP contribution is -2.52. The first-order valence-electron chi connectivity index (χ1n) is 8.04. The van der Waals surface area contributed by atoms with E-state index in [-0.39, 0.29) is 24.0 Å². The first-order chi connectivity index (χ1) is 10.8. The van der Waals surface area contributed by atoms with Gasteiger partial charge in [0.2, 0.25) is 0 Å². The van der Waals surface area contributed by atoms with Crippen LogP contribution >= 0.6 is 35.7 Å². The number of guanidine groups is 1. The lowest BCUT2D eigenvalue weighted by atomic mass is 10.2. The highest BCUT2D eigenvalue weighted by atomic mass is 127. The minimum atomic E-state index is 0. The van der Waals surface area contributed by atoms with Crippen LogP contribution in [0, 0.1) is 0 Å². The summed E-state index contributed by atoms with van der Waals surface area (Å²) in [5.74, 6) is 2.26. The van der Waals surface area contributed by atoms with Crippen LogP contribution in [0.3, 0.4) is 0 Å². The van der Waals surface area contributed by atoms with Crippen molar-refractivity contribution < 1.29 is 0 Å². The van der Waals surface area contributed by atoms with Gasteiger partial charge in [0.25, 0.3) is 0 Å². The van der Waals surface area contributed by atoms with E-state index in [1.165, 1.54) is 17.7 Å². The molecular formula is C17H29IN4S. The molecule has 2 rings (SSSR count). The van der Waals surface area contributed by atoms with Gasteiger partial charge < -0.3 is 10.2 Å². The quantitative estimate of drug-likeness (QED) is 0.314. The van der Waals surface area contributed by atoms with E-state index >= 15 is 0 Å². The predicted octanol–water partition coefficient (Wildman–Crippen LogP) is 2.75. The van der Waals surface area contributed by atoms with Crippen LogP contribution in [-0.2, 0) is 6.54 Å². The number of nitrogens with zero attached hydrogens (tertiary/aromatic N) is 3. The number of piperazine rings is 1. The van der Waals surface area contributed by atoms with Crippen molar-refractivity contribution in [3.05, 3.63) is 35.9 Å². The van der Waals surface area contributed by atoms with Gasteiger partial charge in [-0.05, 0) is 24.0 Å². The molecule has 0 spiro atoms. The summed E-state index contributed by atoms with van der Waals surface area (Å²) in [4.78, 5) is 9.32. The van der Waals surface area contributed by atoms with E-state index in [2.05, 4.69) is 56.7 Å². The van der Waals surface area contributed by atoms with E-state index in [1.54, 1.807) is 0 Å². The maximum Gasteiger partial charge on any atom is 0.193 e. The van der Waals surface area contributed by atoms with Gasteiger partial charge in [0, 0.05) is 46.3 Å². The predicted molar refractivity (Wildman–Crippen MR) is 113 cm³/mol. The van der Waals surface area contributed by atoms with Crippen LogP contribution in [0.4, 0.5) is 0 Å². The van der Waals surface area contributed by atoms with E-state index < -0.39 is 0 Å². The maximum absolute atomic E-state index is 4.42. The molecule has 1 N–H and O–H groups in total. The Labute approximate surface area is 162 Å². The molecule has 23 heavy (non-hydrogen) atoms. The van der Waals surface area contributed by atoms with Crippen LogP contribution in [-0.4, -0.2) is 67.5 Å². The Hall–Kier alpha value is -0.470. The fourth-order valence-electron chi connectivity index (χ4n) is 2.71. The summed E-state index contributed by atoms with van der Waals surface area (Å²) in [7, 11) is 1.88. The fraction of sp³-hybridized carbons (Fsp3) is 0.588. The summed E-state index contributed by atoms with van der Waals surface area (Å²) in [5, 5.41) is 3.48. The number of rotatable bonds is 6. The number of halogens is 1. The SMILES string of the molecule is CN=C(NCCCSC)N1CCN(Cc2ccccc2)CC1.I. The Morgan fingerprint density at radius 1 is 1.17 bits per heavy atom. The van der Waals surface area contributed by atoms with Crippen molar-refractivity contribution >= 4 is 41.7 Å². The number of benzene rings is 1. The summed E-state index contributed by atoms with van der Waals surface area (Å²) >= 11 is 1.90. The van der Waals surface area contributed by atoms with Crippen molar-refractivity contribution in [2.75, 3.05) is 51.8 Å². The molecule has 130 valence electrons. The Balaban J connectivity index is 0.00000264. The van der Waals surface area contributed by atoms with Crippen molar-refractivity contribution in [2.24, 2.45) is 4.99 Å². The van der Waals surface area contributed by atoms with Crippen LogP contribution in [0.2, 0.25) is 0 Å². The van der Waals surface area contributed by atoms with Gasteiger partial charge in [-0.15, -0.1) is 24.0 Å². The van der Waals surface area contributed by atoms with Crippen LogP contribution in [0.25, 0.3) is 0 Å². The Kier molecular flexibility index (Phi) is 10.7. The molecule has 1 heterocycles. The van der Waals surface area contributed by atoms with Crippen LogP contribution in [0.15, 0.2) is 35.3 Å². The lowest BCUT2D eigenvalue weighted by Gasteiger charge is -2.36. The molecule has 4 nitrogen and oxygen atoms in total. The van der Waals surface area contributed by atoms with Gasteiger partial charge in [-0.1, -0.05) is 30.3 Å². The summed E-state index contributed by atoms with van der Waals surface area (Å²) in [6, 6.07) is 10.7. The zero-order valence-electron chi connectivity index (χ0n) is 14.2. The third-order valence-electron chi connectivity index (χ3n) is 3.94. The summed E-state index contributed by atoms with van der Waals surface area (Å²) in [5.41, 5.74) is 1.40. The number of nitrogens with one attached hydrogen (secondary N) is 1. The molecule has 0 aliphatic carbocycles. The highest BCUT2D eigenvalue weighted by molar-refractivity contribution is 14.0. The standard InChI is InChI=1S/C17H28N4S.HI/c1-18-17(19-9-6-14-22-2)21-12-10-20(11-13-21)15-16-7-4-3-5-8-16;/h3-5,7-8H,6,9-15H2,1-2H3,(H,18,19);1H. The second kappa shape index (κ2) is 12.0. The molecule has 6 heteroatoms. The average Bonchev–Trinajstić information content (AvgIpc) is 2.57. The maximum atomic E-state index is 4.42. The first-order valence-corrected chi connectivity index (χ1v) is 9.43. The molecule has 0 radical (unpaired) electrons. The lowest BCUT2D eigenvalue weighted by molar-refractivity contribution is 0.172. The van der Waals surface area contributed by atoms with E-state index in [0.717, 1.165) is 45.2 Å². The van der Waals surface area contributed by atoms with Gasteiger partial charge in [0.1, 0.15) is 0 Å². The minimum Gasteiger partial charge on any atom is -0.356 e. The summed E-state index contributed by atoms with van der Waals surface area (Å²) < 4.78 is 0. The third-order valence-corrected chi connectivity index (χ3v) is 4.64. The zero-order chi connectivity index (χ0) is 15.6. The monoisotopic (exact) mass is 448 g/mol. The zero-order valence-corrected chi connectivity index (χ0v) is 17.3. The number of hydrogen-bond acceptors (Lipinski definition) is 3. The molecule has 1 aliphatic rings. The second-order valence-corrected chi connectivity index (χ2v) is 6.55. The van der Waals surface area contributed by atoms with Gasteiger partial charge in [-0.2, -0.15) is 11.8 Å². The summed E-state index contributed by atoms with van der Waals surface area (Å²) in [6.07, 6.45) is 3.34. The minimum absolute atomic E-state index is 0. The highest BCUT2D eigenvalue weighted by Gasteiger charge is 2.19. The Morgan fingerprint density at radius 2 is 1.87 bits per heavy atom. The molecule has 0 atom stereocenters. The van der Waals surface area contributed by atoms with Gasteiger partial charge in [0.15, 0.2) is 5.96 Å². The van der Waals surface area contributed by atoms with Crippen molar-refractivity contribution in [1.29, 1.82) is 0 Å².